The molecule has 0 fully saturated rings. The SMILES string of the molecule is C[C@H](NC(=O)CCC(C)(C)N)c1ccccc1Br. The third-order valence-corrected chi connectivity index (χ3v) is 3.47. The molecule has 0 aliphatic heterocycles. The molecule has 0 aliphatic carbocycles. The Bertz CT molecular complexity index is 413. The largest absolute Gasteiger partial charge is 0.350 e. The molecule has 4 heteroatoms. The van der Waals surface area contributed by atoms with Gasteiger partial charge in [0.15, 0.2) is 0 Å². The molecule has 0 radical (unpaired) electrons. The van der Waals surface area contributed by atoms with E-state index in [0.29, 0.717) is 12.8 Å². The van der Waals surface area contributed by atoms with Crippen molar-refractivity contribution in [2.24, 2.45) is 5.73 Å². The monoisotopic (exact) mass is 312 g/mol. The van der Waals surface area contributed by atoms with E-state index in [1.165, 1.54) is 0 Å². The van der Waals surface area contributed by atoms with Gasteiger partial charge in [0.25, 0.3) is 0 Å². The average molecular weight is 313 g/mol. The van der Waals surface area contributed by atoms with E-state index in [2.05, 4.69) is 21.2 Å². The first-order valence-electron chi connectivity index (χ1n) is 6.12. The smallest absolute Gasteiger partial charge is 0.220 e. The normalized spacial score (nSPS) is 13.2. The molecule has 3 N–H and O–H groups in total. The molecule has 0 heterocycles. The topological polar surface area (TPSA) is 55.1 Å². The van der Waals surface area contributed by atoms with Crippen molar-refractivity contribution in [1.29, 1.82) is 0 Å². The number of benzene rings is 1. The number of nitrogens with two attached hydrogens (primary N) is 1. The molecule has 1 aromatic carbocycles. The number of carbonyl (C=O) groups is 1. The van der Waals surface area contributed by atoms with Gasteiger partial charge in [-0.2, -0.15) is 0 Å². The molecule has 3 nitrogen and oxygen atoms in total. The van der Waals surface area contributed by atoms with Crippen molar-refractivity contribution in [3.8, 4) is 0 Å². The Kier molecular flexibility index (Phi) is 5.35. The van der Waals surface area contributed by atoms with Gasteiger partial charge >= 0.3 is 0 Å². The molecule has 0 saturated carbocycles. The van der Waals surface area contributed by atoms with Gasteiger partial charge < -0.3 is 11.1 Å². The summed E-state index contributed by atoms with van der Waals surface area (Å²) in [4.78, 5) is 11.8. The van der Waals surface area contributed by atoms with Crippen molar-refractivity contribution in [2.75, 3.05) is 0 Å². The number of nitrogens with one attached hydrogen (secondary N) is 1. The van der Waals surface area contributed by atoms with Gasteiger partial charge in [-0.25, -0.2) is 0 Å². The summed E-state index contributed by atoms with van der Waals surface area (Å²) in [6, 6.07) is 7.89. The highest BCUT2D eigenvalue weighted by Gasteiger charge is 2.15. The molecule has 1 amide bonds. The lowest BCUT2D eigenvalue weighted by Crippen LogP contribution is -2.35. The molecular weight excluding hydrogens is 292 g/mol. The van der Waals surface area contributed by atoms with E-state index in [0.717, 1.165) is 10.0 Å². The summed E-state index contributed by atoms with van der Waals surface area (Å²) in [6.07, 6.45) is 1.14. The molecular formula is C14H21BrN2O. The van der Waals surface area contributed by atoms with Crippen LogP contribution < -0.4 is 11.1 Å². The van der Waals surface area contributed by atoms with Crippen molar-refractivity contribution in [3.63, 3.8) is 0 Å². The Morgan fingerprint density at radius 1 is 1.44 bits per heavy atom. The molecule has 1 atom stereocenters. The van der Waals surface area contributed by atoms with Crippen molar-refractivity contribution in [3.05, 3.63) is 34.3 Å². The van der Waals surface area contributed by atoms with Gasteiger partial charge in [0, 0.05) is 16.4 Å². The molecule has 1 rings (SSSR count). The van der Waals surface area contributed by atoms with Crippen LogP contribution in [0.4, 0.5) is 0 Å². The third kappa shape index (κ3) is 5.19. The second-order valence-corrected chi connectivity index (χ2v) is 6.15. The molecule has 0 aromatic heterocycles. The van der Waals surface area contributed by atoms with E-state index in [1.54, 1.807) is 0 Å². The van der Waals surface area contributed by atoms with E-state index in [4.69, 9.17) is 5.73 Å². The minimum absolute atomic E-state index is 0.00559. The van der Waals surface area contributed by atoms with Crippen LogP contribution in [0.2, 0.25) is 0 Å². The maximum Gasteiger partial charge on any atom is 0.220 e. The Hall–Kier alpha value is -0.870. The van der Waals surface area contributed by atoms with Crippen LogP contribution in [0.3, 0.4) is 0 Å². The summed E-state index contributed by atoms with van der Waals surface area (Å²) in [5.74, 6) is 0.0387. The maximum absolute atomic E-state index is 11.8. The summed E-state index contributed by atoms with van der Waals surface area (Å²) in [7, 11) is 0. The summed E-state index contributed by atoms with van der Waals surface area (Å²) >= 11 is 3.49. The van der Waals surface area contributed by atoms with Crippen LogP contribution in [-0.4, -0.2) is 11.4 Å². The third-order valence-electron chi connectivity index (χ3n) is 2.75. The zero-order chi connectivity index (χ0) is 13.8. The predicted molar refractivity (Wildman–Crippen MR) is 78.2 cm³/mol. The Labute approximate surface area is 117 Å². The van der Waals surface area contributed by atoms with Crippen molar-refractivity contribution in [1.82, 2.24) is 5.32 Å². The lowest BCUT2D eigenvalue weighted by atomic mass is 9.99. The zero-order valence-electron chi connectivity index (χ0n) is 11.2. The summed E-state index contributed by atoms with van der Waals surface area (Å²) < 4.78 is 1.01. The fraction of sp³-hybridized carbons (Fsp3) is 0.500. The van der Waals surface area contributed by atoms with Crippen molar-refractivity contribution >= 4 is 21.8 Å². The Balaban J connectivity index is 2.53. The molecule has 0 saturated heterocycles. The average Bonchev–Trinajstić information content (AvgIpc) is 2.26. The van der Waals surface area contributed by atoms with E-state index in [-0.39, 0.29) is 17.5 Å². The molecule has 0 aliphatic rings. The van der Waals surface area contributed by atoms with Crippen LogP contribution in [0.1, 0.15) is 45.2 Å². The number of amides is 1. The lowest BCUT2D eigenvalue weighted by Gasteiger charge is -2.20. The maximum atomic E-state index is 11.8. The highest BCUT2D eigenvalue weighted by molar-refractivity contribution is 9.10. The van der Waals surface area contributed by atoms with E-state index >= 15 is 0 Å². The molecule has 0 bridgehead atoms. The fourth-order valence-corrected chi connectivity index (χ4v) is 2.28. The highest BCUT2D eigenvalue weighted by Crippen LogP contribution is 2.22. The van der Waals surface area contributed by atoms with Gasteiger partial charge in [0.05, 0.1) is 6.04 Å². The van der Waals surface area contributed by atoms with Gasteiger partial charge in [0.2, 0.25) is 5.91 Å². The van der Waals surface area contributed by atoms with Crippen molar-refractivity contribution < 1.29 is 4.79 Å². The Morgan fingerprint density at radius 2 is 2.06 bits per heavy atom. The fourth-order valence-electron chi connectivity index (χ4n) is 1.65. The second-order valence-electron chi connectivity index (χ2n) is 5.30. The second kappa shape index (κ2) is 6.34. The van der Waals surface area contributed by atoms with Gasteiger partial charge in [-0.3, -0.25) is 4.79 Å². The van der Waals surface area contributed by atoms with Gasteiger partial charge in [0.1, 0.15) is 0 Å². The molecule has 18 heavy (non-hydrogen) atoms. The van der Waals surface area contributed by atoms with E-state index in [9.17, 15) is 4.79 Å². The standard InChI is InChI=1S/C14H21BrN2O/c1-10(11-6-4-5-7-12(11)15)17-13(18)8-9-14(2,3)16/h4-7,10H,8-9,16H2,1-3H3,(H,17,18)/t10-/m0/s1. The zero-order valence-corrected chi connectivity index (χ0v) is 12.8. The number of rotatable bonds is 5. The summed E-state index contributed by atoms with van der Waals surface area (Å²) in [6.45, 7) is 5.83. The van der Waals surface area contributed by atoms with Crippen LogP contribution in [0.15, 0.2) is 28.7 Å². The number of hydrogen-bond acceptors (Lipinski definition) is 2. The van der Waals surface area contributed by atoms with Gasteiger partial charge in [-0.1, -0.05) is 34.1 Å². The number of hydrogen-bond donors (Lipinski definition) is 2. The van der Waals surface area contributed by atoms with E-state index in [1.807, 2.05) is 45.0 Å². The van der Waals surface area contributed by atoms with Gasteiger partial charge in [-0.15, -0.1) is 0 Å². The quantitative estimate of drug-likeness (QED) is 0.877. The minimum Gasteiger partial charge on any atom is -0.350 e. The predicted octanol–water partition coefficient (Wildman–Crippen LogP) is 3.14. The molecule has 1 aromatic rings. The Morgan fingerprint density at radius 3 is 2.61 bits per heavy atom. The molecule has 0 unspecified atom stereocenters. The summed E-state index contributed by atoms with van der Waals surface area (Å²) in [5.41, 5.74) is 6.65. The number of halogens is 1. The molecule has 100 valence electrons. The highest BCUT2D eigenvalue weighted by atomic mass is 79.9. The first-order valence-corrected chi connectivity index (χ1v) is 6.91. The van der Waals surface area contributed by atoms with Crippen LogP contribution in [0, 0.1) is 0 Å². The van der Waals surface area contributed by atoms with Crippen LogP contribution >= 0.6 is 15.9 Å². The minimum atomic E-state index is -0.298. The van der Waals surface area contributed by atoms with Crippen LogP contribution in [0.5, 0.6) is 0 Å². The van der Waals surface area contributed by atoms with Crippen molar-refractivity contribution in [2.45, 2.75) is 45.2 Å². The summed E-state index contributed by atoms with van der Waals surface area (Å²) in [5, 5.41) is 2.99. The van der Waals surface area contributed by atoms with E-state index < -0.39 is 0 Å². The first kappa shape index (κ1) is 15.2. The van der Waals surface area contributed by atoms with Crippen LogP contribution in [0.25, 0.3) is 0 Å². The van der Waals surface area contributed by atoms with Gasteiger partial charge in [-0.05, 0) is 38.8 Å². The lowest BCUT2D eigenvalue weighted by molar-refractivity contribution is -0.122. The number of carbonyl (C=O) groups excluding carboxylic acids is 1. The molecule has 0 spiro atoms. The van der Waals surface area contributed by atoms with Crippen LogP contribution in [-0.2, 0) is 4.79 Å². The first-order chi connectivity index (χ1) is 8.29.